The second-order valence-electron chi connectivity index (χ2n) is 15.3. The lowest BCUT2D eigenvalue weighted by molar-refractivity contribution is 0.660. The zero-order valence-electron chi connectivity index (χ0n) is 30.9. The first-order valence-corrected chi connectivity index (χ1v) is 19.2. The SMILES string of the molecule is CC1(C)c2ccccc2-c2ccc(-c3c4ccccc4c(N(c4ccccc4)c4ccc5c(c4)c4ccccc4n5-c4ccccc4)c4ccccc34)cc21. The van der Waals surface area contributed by atoms with Crippen molar-refractivity contribution in [2.45, 2.75) is 19.3 Å². The number of nitrogens with zero attached hydrogens (tertiary/aromatic N) is 2. The lowest BCUT2D eigenvalue weighted by Crippen LogP contribution is -2.15. The largest absolute Gasteiger partial charge is 0.309 e. The Balaban J connectivity index is 1.19. The van der Waals surface area contributed by atoms with Gasteiger partial charge < -0.3 is 9.47 Å². The molecule has 0 aliphatic heterocycles. The second-order valence-corrected chi connectivity index (χ2v) is 15.3. The van der Waals surface area contributed by atoms with Crippen molar-refractivity contribution in [2.24, 2.45) is 0 Å². The fourth-order valence-corrected chi connectivity index (χ4v) is 9.46. The molecule has 1 heterocycles. The first-order valence-electron chi connectivity index (χ1n) is 19.2. The molecule has 1 aromatic heterocycles. The molecule has 10 aromatic rings. The molecule has 11 rings (SSSR count). The molecule has 0 saturated carbocycles. The lowest BCUT2D eigenvalue weighted by Gasteiger charge is -2.30. The smallest absolute Gasteiger partial charge is 0.0618 e. The Kier molecular flexibility index (Phi) is 6.93. The number of anilines is 3. The van der Waals surface area contributed by atoms with Crippen LogP contribution in [0.5, 0.6) is 0 Å². The molecule has 0 fully saturated rings. The summed E-state index contributed by atoms with van der Waals surface area (Å²) in [5, 5.41) is 7.39. The van der Waals surface area contributed by atoms with Crippen LogP contribution < -0.4 is 4.90 Å². The van der Waals surface area contributed by atoms with E-state index < -0.39 is 0 Å². The van der Waals surface area contributed by atoms with E-state index in [-0.39, 0.29) is 5.41 Å². The van der Waals surface area contributed by atoms with Gasteiger partial charge in [-0.25, -0.2) is 0 Å². The van der Waals surface area contributed by atoms with E-state index in [2.05, 4.69) is 217 Å². The summed E-state index contributed by atoms with van der Waals surface area (Å²) in [4.78, 5) is 2.48. The van der Waals surface area contributed by atoms with Gasteiger partial charge in [-0.1, -0.05) is 153 Å². The topological polar surface area (TPSA) is 8.17 Å². The predicted octanol–water partition coefficient (Wildman–Crippen LogP) is 14.5. The van der Waals surface area contributed by atoms with Gasteiger partial charge in [-0.2, -0.15) is 0 Å². The van der Waals surface area contributed by atoms with Crippen LogP contribution in [0, 0.1) is 0 Å². The molecule has 1 aliphatic carbocycles. The van der Waals surface area contributed by atoms with E-state index >= 15 is 0 Å². The van der Waals surface area contributed by atoms with Crippen LogP contribution in [0.25, 0.3) is 71.3 Å². The minimum atomic E-state index is -0.0835. The van der Waals surface area contributed by atoms with Crippen molar-refractivity contribution in [3.8, 4) is 27.9 Å². The summed E-state index contributed by atoms with van der Waals surface area (Å²) >= 11 is 0. The van der Waals surface area contributed by atoms with Gasteiger partial charge in [-0.05, 0) is 98.8 Å². The number of rotatable bonds is 5. The lowest BCUT2D eigenvalue weighted by atomic mass is 9.81. The van der Waals surface area contributed by atoms with Crippen LogP contribution in [0.1, 0.15) is 25.0 Å². The number of hydrogen-bond acceptors (Lipinski definition) is 1. The third-order valence-electron chi connectivity index (χ3n) is 11.9. The van der Waals surface area contributed by atoms with Crippen LogP contribution >= 0.6 is 0 Å². The van der Waals surface area contributed by atoms with Gasteiger partial charge in [-0.15, -0.1) is 0 Å². The average Bonchev–Trinajstić information content (AvgIpc) is 3.69. The normalized spacial score (nSPS) is 13.1. The molecule has 1 aliphatic rings. The Hall–Kier alpha value is -6.90. The van der Waals surface area contributed by atoms with Crippen molar-refractivity contribution in [3.05, 3.63) is 205 Å². The Bertz CT molecular complexity index is 3060. The number of aromatic nitrogens is 1. The quantitative estimate of drug-likeness (QED) is 0.162. The maximum Gasteiger partial charge on any atom is 0.0618 e. The van der Waals surface area contributed by atoms with Gasteiger partial charge in [0.15, 0.2) is 0 Å². The van der Waals surface area contributed by atoms with Crippen molar-refractivity contribution >= 4 is 60.4 Å². The van der Waals surface area contributed by atoms with Crippen LogP contribution in [0.4, 0.5) is 17.1 Å². The molecule has 2 nitrogen and oxygen atoms in total. The standard InChI is InChI=1S/C53H38N2/c1-53(2)47-27-15-13-21-39(47)40-31-29-35(33-48(40)53)51-42-23-9-11-25-44(42)52(45-26-12-10-24-43(45)51)54(36-17-5-3-6-18-36)38-30-32-50-46(34-38)41-22-14-16-28-49(41)55(50)37-19-7-4-8-20-37/h3-34H,1-2H3. The number of benzene rings is 9. The van der Waals surface area contributed by atoms with Gasteiger partial charge in [-0.3, -0.25) is 0 Å². The van der Waals surface area contributed by atoms with E-state index in [0.29, 0.717) is 0 Å². The first-order chi connectivity index (χ1) is 27.1. The Morgan fingerprint density at radius 2 is 0.964 bits per heavy atom. The number of fused-ring (bicyclic) bond motifs is 8. The molecule has 0 atom stereocenters. The summed E-state index contributed by atoms with van der Waals surface area (Å²) in [6.07, 6.45) is 0. The van der Waals surface area contributed by atoms with Crippen molar-refractivity contribution in [2.75, 3.05) is 4.90 Å². The number of para-hydroxylation sites is 3. The molecule has 0 unspecified atom stereocenters. The van der Waals surface area contributed by atoms with Crippen molar-refractivity contribution in [1.82, 2.24) is 4.57 Å². The third kappa shape index (κ3) is 4.68. The zero-order chi connectivity index (χ0) is 36.7. The summed E-state index contributed by atoms with van der Waals surface area (Å²) in [6, 6.07) is 71.4. The first kappa shape index (κ1) is 31.6. The third-order valence-corrected chi connectivity index (χ3v) is 11.9. The highest BCUT2D eigenvalue weighted by atomic mass is 15.1. The molecule has 0 amide bonds. The van der Waals surface area contributed by atoms with Crippen LogP contribution in [0.15, 0.2) is 194 Å². The van der Waals surface area contributed by atoms with E-state index in [0.717, 1.165) is 17.1 Å². The van der Waals surface area contributed by atoms with E-state index in [1.165, 1.54) is 82.4 Å². The van der Waals surface area contributed by atoms with Crippen LogP contribution in [-0.4, -0.2) is 4.57 Å². The summed E-state index contributed by atoms with van der Waals surface area (Å²) < 4.78 is 2.39. The average molecular weight is 703 g/mol. The number of hydrogen-bond donors (Lipinski definition) is 0. The predicted molar refractivity (Wildman–Crippen MR) is 233 cm³/mol. The maximum atomic E-state index is 2.48. The Labute approximate surface area is 321 Å². The molecular weight excluding hydrogens is 665 g/mol. The summed E-state index contributed by atoms with van der Waals surface area (Å²) in [6.45, 7) is 4.74. The fourth-order valence-electron chi connectivity index (χ4n) is 9.46. The molecule has 0 spiro atoms. The van der Waals surface area contributed by atoms with Crippen LogP contribution in [0.2, 0.25) is 0 Å². The molecular formula is C53H38N2. The molecule has 0 bridgehead atoms. The molecule has 0 saturated heterocycles. The van der Waals surface area contributed by atoms with Crippen LogP contribution in [-0.2, 0) is 5.41 Å². The van der Waals surface area contributed by atoms with Crippen LogP contribution in [0.3, 0.4) is 0 Å². The van der Waals surface area contributed by atoms with E-state index in [9.17, 15) is 0 Å². The van der Waals surface area contributed by atoms with Gasteiger partial charge in [0, 0.05) is 44.0 Å². The van der Waals surface area contributed by atoms with Gasteiger partial charge in [0.2, 0.25) is 0 Å². The van der Waals surface area contributed by atoms with Crippen molar-refractivity contribution in [3.63, 3.8) is 0 Å². The minimum absolute atomic E-state index is 0.0835. The second kappa shape index (κ2) is 12.1. The Morgan fingerprint density at radius 1 is 0.400 bits per heavy atom. The molecule has 2 heteroatoms. The summed E-state index contributed by atoms with van der Waals surface area (Å²) in [7, 11) is 0. The highest BCUT2D eigenvalue weighted by Crippen LogP contribution is 2.52. The van der Waals surface area contributed by atoms with Gasteiger partial charge in [0.1, 0.15) is 0 Å². The zero-order valence-corrected chi connectivity index (χ0v) is 30.9. The highest BCUT2D eigenvalue weighted by Gasteiger charge is 2.35. The van der Waals surface area contributed by atoms with E-state index in [1.54, 1.807) is 0 Å². The van der Waals surface area contributed by atoms with E-state index in [1.807, 2.05) is 0 Å². The maximum absolute atomic E-state index is 2.48. The summed E-state index contributed by atoms with van der Waals surface area (Å²) in [5.74, 6) is 0. The highest BCUT2D eigenvalue weighted by molar-refractivity contribution is 6.23. The fraction of sp³-hybridized carbons (Fsp3) is 0.0566. The molecule has 0 radical (unpaired) electrons. The van der Waals surface area contributed by atoms with Crippen molar-refractivity contribution < 1.29 is 0 Å². The molecule has 9 aromatic carbocycles. The molecule has 55 heavy (non-hydrogen) atoms. The molecule has 0 N–H and O–H groups in total. The molecule has 260 valence electrons. The Morgan fingerprint density at radius 3 is 1.69 bits per heavy atom. The van der Waals surface area contributed by atoms with E-state index in [4.69, 9.17) is 0 Å². The van der Waals surface area contributed by atoms with Crippen molar-refractivity contribution in [1.29, 1.82) is 0 Å². The van der Waals surface area contributed by atoms with Gasteiger partial charge in [0.05, 0.1) is 16.7 Å². The minimum Gasteiger partial charge on any atom is -0.309 e. The summed E-state index contributed by atoms with van der Waals surface area (Å²) in [5.41, 5.74) is 14.9. The van der Waals surface area contributed by atoms with Gasteiger partial charge >= 0.3 is 0 Å². The van der Waals surface area contributed by atoms with Gasteiger partial charge in [0.25, 0.3) is 0 Å². The monoisotopic (exact) mass is 702 g/mol.